The largest absolute Gasteiger partial charge is 0.416 e. The number of alkyl halides is 4. The quantitative estimate of drug-likeness (QED) is 0.467. The van der Waals surface area contributed by atoms with Crippen molar-refractivity contribution >= 4 is 11.6 Å². The Morgan fingerprint density at radius 2 is 1.32 bits per heavy atom. The lowest BCUT2D eigenvalue weighted by molar-refractivity contribution is -0.137. The fourth-order valence-electron chi connectivity index (χ4n) is 3.82. The fraction of sp³-hybridized carbons (Fsp3) is 0.217. The van der Waals surface area contributed by atoms with E-state index in [2.05, 4.69) is 29.2 Å². The molecule has 1 nitrogen and oxygen atoms in total. The van der Waals surface area contributed by atoms with E-state index >= 15 is 0 Å². The van der Waals surface area contributed by atoms with E-state index in [9.17, 15) is 13.2 Å². The van der Waals surface area contributed by atoms with Crippen molar-refractivity contribution in [3.8, 4) is 0 Å². The second kappa shape index (κ2) is 7.26. The fourth-order valence-corrected chi connectivity index (χ4v) is 4.25. The van der Waals surface area contributed by atoms with Crippen LogP contribution in [0, 0.1) is 0 Å². The summed E-state index contributed by atoms with van der Waals surface area (Å²) in [6.07, 6.45) is -4.37. The third-order valence-corrected chi connectivity index (χ3v) is 5.67. The highest BCUT2D eigenvalue weighted by molar-refractivity contribution is 6.25. The van der Waals surface area contributed by atoms with Crippen LogP contribution in [0.15, 0.2) is 84.9 Å². The molecule has 0 aliphatic carbocycles. The average molecular weight is 402 g/mol. The van der Waals surface area contributed by atoms with Gasteiger partial charge < -0.3 is 0 Å². The molecule has 3 aromatic rings. The Morgan fingerprint density at radius 3 is 1.82 bits per heavy atom. The molecule has 1 aliphatic heterocycles. The molecule has 0 saturated carbocycles. The van der Waals surface area contributed by atoms with Gasteiger partial charge in [0.2, 0.25) is 0 Å². The molecule has 0 radical (unpaired) electrons. The van der Waals surface area contributed by atoms with Crippen molar-refractivity contribution in [1.82, 2.24) is 4.90 Å². The average Bonchev–Trinajstić information content (AvgIpc) is 2.68. The molecule has 1 fully saturated rings. The molecule has 1 aliphatic rings. The number of nitrogens with zero attached hydrogens (tertiary/aromatic N) is 1. The van der Waals surface area contributed by atoms with E-state index in [0.717, 1.165) is 17.2 Å². The third kappa shape index (κ3) is 3.67. The molecule has 0 atom stereocenters. The lowest BCUT2D eigenvalue weighted by atomic mass is 9.85. The van der Waals surface area contributed by atoms with Crippen LogP contribution >= 0.6 is 11.6 Å². The summed E-state index contributed by atoms with van der Waals surface area (Å²) in [6, 6.07) is 25.5. The van der Waals surface area contributed by atoms with Gasteiger partial charge in [-0.25, -0.2) is 0 Å². The van der Waals surface area contributed by atoms with Gasteiger partial charge in [-0.3, -0.25) is 4.90 Å². The second-order valence-corrected chi connectivity index (χ2v) is 7.90. The molecule has 0 amide bonds. The van der Waals surface area contributed by atoms with Gasteiger partial charge in [0.1, 0.15) is 0 Å². The van der Waals surface area contributed by atoms with Crippen molar-refractivity contribution in [3.05, 3.63) is 107 Å². The Balaban J connectivity index is 1.61. The van der Waals surface area contributed by atoms with Crippen molar-refractivity contribution in [2.24, 2.45) is 0 Å². The van der Waals surface area contributed by atoms with E-state index in [4.69, 9.17) is 11.6 Å². The molecule has 0 spiro atoms. The molecule has 4 rings (SSSR count). The summed E-state index contributed by atoms with van der Waals surface area (Å²) in [7, 11) is 0. The van der Waals surface area contributed by atoms with Crippen LogP contribution in [0.25, 0.3) is 0 Å². The van der Waals surface area contributed by atoms with E-state index in [1.54, 1.807) is 6.07 Å². The first-order valence-corrected chi connectivity index (χ1v) is 9.45. The molecule has 28 heavy (non-hydrogen) atoms. The Hall–Kier alpha value is -2.30. The Labute approximate surface area is 167 Å². The first-order chi connectivity index (χ1) is 13.4. The molecule has 5 heteroatoms. The van der Waals surface area contributed by atoms with Crippen LogP contribution in [-0.2, 0) is 11.1 Å². The lowest BCUT2D eigenvalue weighted by Gasteiger charge is -2.50. The number of hydrogen-bond donors (Lipinski definition) is 0. The van der Waals surface area contributed by atoms with E-state index < -0.39 is 16.6 Å². The summed E-state index contributed by atoms with van der Waals surface area (Å²) in [5.74, 6) is 0. The van der Waals surface area contributed by atoms with Gasteiger partial charge in [-0.1, -0.05) is 72.8 Å². The predicted molar refractivity (Wildman–Crippen MR) is 105 cm³/mol. The molecule has 0 unspecified atom stereocenters. The Bertz CT molecular complexity index is 895. The van der Waals surface area contributed by atoms with Crippen LogP contribution in [0.5, 0.6) is 0 Å². The topological polar surface area (TPSA) is 3.24 Å². The highest BCUT2D eigenvalue weighted by atomic mass is 35.5. The summed E-state index contributed by atoms with van der Waals surface area (Å²) in [4.78, 5) is 1.39. The van der Waals surface area contributed by atoms with Crippen molar-refractivity contribution < 1.29 is 13.2 Å². The molecule has 0 bridgehead atoms. The van der Waals surface area contributed by atoms with Gasteiger partial charge in [0.25, 0.3) is 0 Å². The van der Waals surface area contributed by atoms with Crippen LogP contribution in [0.1, 0.15) is 28.3 Å². The van der Waals surface area contributed by atoms with Gasteiger partial charge in [-0.05, 0) is 28.8 Å². The van der Waals surface area contributed by atoms with E-state index in [1.165, 1.54) is 12.1 Å². The highest BCUT2D eigenvalue weighted by Gasteiger charge is 2.46. The number of hydrogen-bond acceptors (Lipinski definition) is 1. The third-order valence-electron chi connectivity index (χ3n) is 5.21. The van der Waals surface area contributed by atoms with Gasteiger partial charge in [0, 0.05) is 13.1 Å². The summed E-state index contributed by atoms with van der Waals surface area (Å²) in [5.41, 5.74) is 2.12. The SMILES string of the molecule is FC(F)(F)c1cccc(C2(Cl)CN(C(c3ccccc3)c3ccccc3)C2)c1. The zero-order valence-corrected chi connectivity index (χ0v) is 15.8. The maximum Gasteiger partial charge on any atom is 0.416 e. The smallest absolute Gasteiger partial charge is 0.288 e. The van der Waals surface area contributed by atoms with Gasteiger partial charge in [0.15, 0.2) is 0 Å². The van der Waals surface area contributed by atoms with Gasteiger partial charge in [-0.2, -0.15) is 13.2 Å². The highest BCUT2D eigenvalue weighted by Crippen LogP contribution is 2.45. The van der Waals surface area contributed by atoms with Crippen LogP contribution in [-0.4, -0.2) is 18.0 Å². The first-order valence-electron chi connectivity index (χ1n) is 9.07. The van der Waals surface area contributed by atoms with Crippen molar-refractivity contribution in [1.29, 1.82) is 0 Å². The maximum atomic E-state index is 13.1. The molecule has 144 valence electrons. The normalized spacial score (nSPS) is 16.8. The van der Waals surface area contributed by atoms with Crippen molar-refractivity contribution in [3.63, 3.8) is 0 Å². The summed E-state index contributed by atoms with van der Waals surface area (Å²) in [5, 5.41) is 0. The molecule has 0 N–H and O–H groups in total. The van der Waals surface area contributed by atoms with Gasteiger partial charge in [0.05, 0.1) is 16.5 Å². The minimum atomic E-state index is -4.37. The first kappa shape index (κ1) is 19.0. The number of likely N-dealkylation sites (tertiary alicyclic amines) is 1. The zero-order valence-electron chi connectivity index (χ0n) is 15.0. The van der Waals surface area contributed by atoms with Crippen molar-refractivity contribution in [2.75, 3.05) is 13.1 Å². The van der Waals surface area contributed by atoms with Crippen molar-refractivity contribution in [2.45, 2.75) is 17.1 Å². The number of rotatable bonds is 4. The van der Waals surface area contributed by atoms with Crippen LogP contribution in [0.3, 0.4) is 0 Å². The van der Waals surface area contributed by atoms with E-state index in [0.29, 0.717) is 18.7 Å². The van der Waals surface area contributed by atoms with Gasteiger partial charge >= 0.3 is 6.18 Å². The Morgan fingerprint density at radius 1 is 0.786 bits per heavy atom. The summed E-state index contributed by atoms with van der Waals surface area (Å²) in [6.45, 7) is 0.953. The molecule has 1 saturated heterocycles. The van der Waals surface area contributed by atoms with Crippen LogP contribution < -0.4 is 0 Å². The zero-order chi connectivity index (χ0) is 19.8. The molecule has 3 aromatic carbocycles. The Kier molecular flexibility index (Phi) is 4.94. The molecule has 1 heterocycles. The summed E-state index contributed by atoms with van der Waals surface area (Å²) >= 11 is 6.76. The number of halogens is 4. The standard InChI is InChI=1S/C23H19ClF3N/c24-22(19-12-7-13-20(14-19)23(25,26)27)15-28(16-22)21(17-8-3-1-4-9-17)18-10-5-2-6-11-18/h1-14,21H,15-16H2. The lowest BCUT2D eigenvalue weighted by Crippen LogP contribution is -2.57. The molecular formula is C23H19ClF3N. The monoisotopic (exact) mass is 401 g/mol. The van der Waals surface area contributed by atoms with E-state index in [-0.39, 0.29) is 6.04 Å². The second-order valence-electron chi connectivity index (χ2n) is 7.17. The van der Waals surface area contributed by atoms with Crippen LogP contribution in [0.2, 0.25) is 0 Å². The van der Waals surface area contributed by atoms with E-state index in [1.807, 2.05) is 36.4 Å². The molecule has 0 aromatic heterocycles. The minimum absolute atomic E-state index is 0.0140. The predicted octanol–water partition coefficient (Wildman–Crippen LogP) is 6.24. The molecular weight excluding hydrogens is 383 g/mol. The summed E-state index contributed by atoms with van der Waals surface area (Å²) < 4.78 is 39.2. The minimum Gasteiger partial charge on any atom is -0.288 e. The number of benzene rings is 3. The maximum absolute atomic E-state index is 13.1. The van der Waals surface area contributed by atoms with Crippen LogP contribution in [0.4, 0.5) is 13.2 Å². The van der Waals surface area contributed by atoms with Gasteiger partial charge in [-0.15, -0.1) is 11.6 Å².